The third-order valence-electron chi connectivity index (χ3n) is 1.60. The molecule has 0 unspecified atom stereocenters. The molecule has 0 aromatic carbocycles. The molecule has 2 amide bonds. The van der Waals surface area contributed by atoms with Gasteiger partial charge in [0.2, 0.25) is 7.98 Å². The number of carbonyl (C=O) groups excluding carboxylic acids is 2. The van der Waals surface area contributed by atoms with Crippen LogP contribution >= 0.6 is 0 Å². The van der Waals surface area contributed by atoms with Crippen LogP contribution in [0.15, 0.2) is 27.5 Å². The second-order valence-corrected chi connectivity index (χ2v) is 2.36. The fourth-order valence-electron chi connectivity index (χ4n) is 0.987. The molecule has 13 heavy (non-hydrogen) atoms. The molecule has 0 N–H and O–H groups in total. The van der Waals surface area contributed by atoms with Crippen molar-refractivity contribution in [3.8, 4) is 0 Å². The average molecular weight is 171 g/mol. The van der Waals surface area contributed by atoms with Crippen molar-refractivity contribution in [2.24, 2.45) is 9.98 Å². The van der Waals surface area contributed by atoms with Crippen LogP contribution in [-0.2, 0) is 9.59 Å². The summed E-state index contributed by atoms with van der Waals surface area (Å²) in [5, 5.41) is 0. The summed E-state index contributed by atoms with van der Waals surface area (Å²) in [7, 11) is 5.15. The first-order valence-electron chi connectivity index (χ1n) is 3.41. The van der Waals surface area contributed by atoms with Gasteiger partial charge >= 0.3 is 0 Å². The van der Waals surface area contributed by atoms with Gasteiger partial charge < -0.3 is 4.81 Å². The van der Waals surface area contributed by atoms with Crippen LogP contribution in [0.4, 0.5) is 0 Å². The highest BCUT2D eigenvalue weighted by atomic mass is 16.2. The van der Waals surface area contributed by atoms with E-state index in [1.54, 1.807) is 0 Å². The lowest BCUT2D eigenvalue weighted by molar-refractivity contribution is -0.131. The molecule has 2 heterocycles. The van der Waals surface area contributed by atoms with E-state index in [2.05, 4.69) is 15.9 Å². The van der Waals surface area contributed by atoms with Crippen LogP contribution in [-0.4, -0.2) is 36.7 Å². The zero-order valence-corrected chi connectivity index (χ0v) is 6.39. The third-order valence-corrected chi connectivity index (χ3v) is 1.60. The molecule has 2 aliphatic heterocycles. The summed E-state index contributed by atoms with van der Waals surface area (Å²) in [4.78, 5) is 30.2. The van der Waals surface area contributed by atoms with E-state index in [4.69, 9.17) is 7.98 Å². The summed E-state index contributed by atoms with van der Waals surface area (Å²) >= 11 is 0. The van der Waals surface area contributed by atoms with E-state index < -0.39 is 11.8 Å². The summed E-state index contributed by atoms with van der Waals surface area (Å²) < 4.78 is 0. The summed E-state index contributed by atoms with van der Waals surface area (Å²) in [5.41, 5.74) is -0.0914. The Morgan fingerprint density at radius 2 is 2.00 bits per heavy atom. The van der Waals surface area contributed by atoms with E-state index in [1.165, 1.54) is 12.3 Å². The van der Waals surface area contributed by atoms with Crippen LogP contribution in [0.5, 0.6) is 0 Å². The van der Waals surface area contributed by atoms with Crippen molar-refractivity contribution in [3.05, 3.63) is 17.5 Å². The fraction of sp³-hybridized carbons (Fsp3) is 0. The van der Waals surface area contributed by atoms with E-state index in [1.807, 2.05) is 0 Å². The lowest BCUT2D eigenvalue weighted by Gasteiger charge is -2.04. The molecule has 0 atom stereocenters. The number of amides is 2. The Morgan fingerprint density at radius 3 is 2.77 bits per heavy atom. The number of nitrogens with zero attached hydrogens (tertiary/aromatic N) is 3. The van der Waals surface area contributed by atoms with Gasteiger partial charge in [0.05, 0.1) is 0 Å². The van der Waals surface area contributed by atoms with Crippen molar-refractivity contribution in [2.45, 2.75) is 0 Å². The van der Waals surface area contributed by atoms with Gasteiger partial charge in [-0.3, -0.25) is 9.59 Å². The molecule has 0 spiro atoms. The first kappa shape index (κ1) is 7.70. The molecule has 2 rings (SSSR count). The number of hydrogen-bond donors (Lipinski definition) is 0. The molecule has 0 fully saturated rings. The van der Waals surface area contributed by atoms with Gasteiger partial charge in [0.25, 0.3) is 11.8 Å². The van der Waals surface area contributed by atoms with Crippen molar-refractivity contribution in [3.63, 3.8) is 0 Å². The van der Waals surface area contributed by atoms with E-state index in [0.717, 1.165) is 0 Å². The predicted molar refractivity (Wildman–Crippen MR) is 45.1 cm³/mol. The minimum absolute atomic E-state index is 0.0336. The average Bonchev–Trinajstić information content (AvgIpc) is 2.40. The quantitative estimate of drug-likeness (QED) is 0.345. The fourth-order valence-corrected chi connectivity index (χ4v) is 0.987. The largest absolute Gasteiger partial charge is 0.330 e. The number of allylic oxidation sites excluding steroid dienone is 1. The maximum atomic E-state index is 11.2. The molecule has 0 aromatic rings. The molecule has 6 heteroatoms. The highest BCUT2D eigenvalue weighted by Crippen LogP contribution is 2.20. The smallest absolute Gasteiger partial charge is 0.269 e. The Hall–Kier alpha value is -1.94. The Kier molecular flexibility index (Phi) is 1.50. The lowest BCUT2D eigenvalue weighted by atomic mass is 10.3. The number of carbonyl (C=O) groups is 2. The predicted octanol–water partition coefficient (Wildman–Crippen LogP) is -1.04. The number of hydrogen-bond acceptors (Lipinski definition) is 4. The standard InChI is InChI=1S/C7H2BN3O2/c8-11-6(12)4-5(7(11)13)10-3-1-2-9-4/h1-2H. The topological polar surface area (TPSA) is 62.1 Å². The summed E-state index contributed by atoms with van der Waals surface area (Å²) in [6.07, 6.45) is 2.73. The van der Waals surface area contributed by atoms with E-state index in [0.29, 0.717) is 4.81 Å². The molecule has 0 saturated heterocycles. The Bertz CT molecular complexity index is 429. The van der Waals surface area contributed by atoms with Crippen LogP contribution in [0.3, 0.4) is 0 Å². The zero-order chi connectivity index (χ0) is 9.42. The first-order chi connectivity index (χ1) is 6.22. The Labute approximate surface area is 74.6 Å². The van der Waals surface area contributed by atoms with Gasteiger partial charge in [-0.2, -0.15) is 4.99 Å². The second kappa shape index (κ2) is 2.53. The van der Waals surface area contributed by atoms with Crippen molar-refractivity contribution in [1.82, 2.24) is 4.81 Å². The number of aliphatic imine (C=N–C) groups is 2. The van der Waals surface area contributed by atoms with Crippen LogP contribution in [0, 0.1) is 0 Å². The van der Waals surface area contributed by atoms with Crippen molar-refractivity contribution in [1.29, 1.82) is 0 Å². The van der Waals surface area contributed by atoms with Gasteiger partial charge in [-0.05, 0) is 5.87 Å². The highest BCUT2D eigenvalue weighted by molar-refractivity contribution is 6.35. The highest BCUT2D eigenvalue weighted by Gasteiger charge is 2.35. The van der Waals surface area contributed by atoms with Crippen molar-refractivity contribution in [2.75, 3.05) is 0 Å². The summed E-state index contributed by atoms with van der Waals surface area (Å²) in [5.74, 6) is 1.13. The lowest BCUT2D eigenvalue weighted by Crippen LogP contribution is -2.28. The minimum Gasteiger partial charge on any atom is -0.330 e. The van der Waals surface area contributed by atoms with Gasteiger partial charge in [0.15, 0.2) is 11.4 Å². The van der Waals surface area contributed by atoms with Crippen molar-refractivity contribution < 1.29 is 9.59 Å². The van der Waals surface area contributed by atoms with E-state index >= 15 is 0 Å². The molecule has 0 bridgehead atoms. The maximum absolute atomic E-state index is 11.2. The Morgan fingerprint density at radius 1 is 1.31 bits per heavy atom. The zero-order valence-electron chi connectivity index (χ0n) is 6.39. The molecule has 0 aliphatic carbocycles. The van der Waals surface area contributed by atoms with E-state index in [9.17, 15) is 9.59 Å². The maximum Gasteiger partial charge on any atom is 0.269 e. The molecule has 5 nitrogen and oxygen atoms in total. The van der Waals surface area contributed by atoms with E-state index in [-0.39, 0.29) is 11.4 Å². The van der Waals surface area contributed by atoms with Crippen molar-refractivity contribution >= 4 is 31.9 Å². The molecule has 0 aromatic heterocycles. The number of rotatable bonds is 0. The summed E-state index contributed by atoms with van der Waals surface area (Å²) in [6, 6.07) is 0. The molecule has 60 valence electrons. The van der Waals surface area contributed by atoms with Crippen LogP contribution in [0.25, 0.3) is 0 Å². The second-order valence-electron chi connectivity index (χ2n) is 2.36. The number of imide groups is 1. The minimum atomic E-state index is -0.653. The molecule has 2 radical (unpaired) electrons. The monoisotopic (exact) mass is 171 g/mol. The SMILES string of the molecule is [B]N1C(=O)C2=C(N=CC=C=N2)C1=O. The van der Waals surface area contributed by atoms with Crippen LogP contribution in [0.2, 0.25) is 0 Å². The normalized spacial score (nSPS) is 19.8. The van der Waals surface area contributed by atoms with Gasteiger partial charge in [0, 0.05) is 12.3 Å². The van der Waals surface area contributed by atoms with Gasteiger partial charge in [-0.15, -0.1) is 0 Å². The summed E-state index contributed by atoms with van der Waals surface area (Å²) in [6.45, 7) is 0. The van der Waals surface area contributed by atoms with Gasteiger partial charge in [0.1, 0.15) is 0 Å². The van der Waals surface area contributed by atoms with Crippen LogP contribution < -0.4 is 0 Å². The van der Waals surface area contributed by atoms with Gasteiger partial charge in [-0.1, -0.05) is 0 Å². The Balaban J connectivity index is 2.61. The molecular formula is C7H2BN3O2. The first-order valence-corrected chi connectivity index (χ1v) is 3.41. The third kappa shape index (κ3) is 0.964. The molecule has 0 saturated carbocycles. The molecule has 2 aliphatic rings. The molecular weight excluding hydrogens is 169 g/mol. The van der Waals surface area contributed by atoms with Crippen LogP contribution in [0.1, 0.15) is 0 Å². The van der Waals surface area contributed by atoms with Gasteiger partial charge in [-0.25, -0.2) is 4.99 Å².